The van der Waals surface area contributed by atoms with Gasteiger partial charge in [0.15, 0.2) is 5.82 Å². The molecule has 0 aliphatic rings. The van der Waals surface area contributed by atoms with Crippen molar-refractivity contribution in [1.82, 2.24) is 20.2 Å². The van der Waals surface area contributed by atoms with Crippen LogP contribution >= 0.6 is 0 Å². The van der Waals surface area contributed by atoms with E-state index in [1.807, 2.05) is 48.5 Å². The molecule has 126 valence electrons. The lowest BCUT2D eigenvalue weighted by molar-refractivity contribution is -0.104. The number of nitrogens with zero attached hydrogens (tertiary/aromatic N) is 3. The Kier molecular flexibility index (Phi) is 4.22. The summed E-state index contributed by atoms with van der Waals surface area (Å²) in [6.45, 7) is 0. The van der Waals surface area contributed by atoms with Crippen LogP contribution in [0, 0.1) is 0 Å². The number of carbonyl (C=O) groups is 1. The third-order valence-electron chi connectivity index (χ3n) is 3.88. The van der Waals surface area contributed by atoms with Gasteiger partial charge in [-0.3, -0.25) is 9.89 Å². The van der Waals surface area contributed by atoms with Crippen LogP contribution in [0.4, 0.5) is 11.5 Å². The van der Waals surface area contributed by atoms with Gasteiger partial charge in [-0.25, -0.2) is 9.97 Å². The van der Waals surface area contributed by atoms with Crippen molar-refractivity contribution >= 4 is 34.8 Å². The molecule has 0 fully saturated rings. The monoisotopic (exact) mass is 341 g/mol. The largest absolute Gasteiger partial charge is 0.340 e. The van der Waals surface area contributed by atoms with Crippen LogP contribution in [0.3, 0.4) is 0 Å². The number of aldehydes is 1. The summed E-state index contributed by atoms with van der Waals surface area (Å²) < 4.78 is 0. The lowest BCUT2D eigenvalue weighted by atomic mass is 10.1. The predicted octanol–water partition coefficient (Wildman–Crippen LogP) is 3.98. The van der Waals surface area contributed by atoms with E-state index in [9.17, 15) is 4.79 Å². The Morgan fingerprint density at radius 3 is 2.96 bits per heavy atom. The normalized spacial score (nSPS) is 11.1. The number of allylic oxidation sites excluding steroid dienone is 1. The summed E-state index contributed by atoms with van der Waals surface area (Å²) in [7, 11) is 0. The number of aromatic amines is 1. The van der Waals surface area contributed by atoms with Crippen molar-refractivity contribution in [1.29, 1.82) is 0 Å². The summed E-state index contributed by atoms with van der Waals surface area (Å²) in [5.74, 6) is 1.31. The summed E-state index contributed by atoms with van der Waals surface area (Å²) >= 11 is 0. The smallest absolute Gasteiger partial charge is 0.161 e. The highest BCUT2D eigenvalue weighted by Crippen LogP contribution is 2.22. The molecule has 6 nitrogen and oxygen atoms in total. The van der Waals surface area contributed by atoms with Crippen molar-refractivity contribution in [2.75, 3.05) is 5.32 Å². The molecule has 2 heterocycles. The summed E-state index contributed by atoms with van der Waals surface area (Å²) in [5.41, 5.74) is 3.71. The van der Waals surface area contributed by atoms with E-state index in [-0.39, 0.29) is 0 Å². The third kappa shape index (κ3) is 3.34. The Morgan fingerprint density at radius 2 is 2.04 bits per heavy atom. The highest BCUT2D eigenvalue weighted by Gasteiger charge is 2.05. The summed E-state index contributed by atoms with van der Waals surface area (Å²) in [5, 5.41) is 11.3. The van der Waals surface area contributed by atoms with Crippen molar-refractivity contribution in [3.8, 4) is 11.4 Å². The summed E-state index contributed by atoms with van der Waals surface area (Å²) in [4.78, 5) is 19.4. The highest BCUT2D eigenvalue weighted by molar-refractivity contribution is 5.82. The van der Waals surface area contributed by atoms with Crippen molar-refractivity contribution in [2.24, 2.45) is 0 Å². The number of hydrogen-bond acceptors (Lipinski definition) is 5. The molecule has 6 heteroatoms. The molecule has 0 amide bonds. The van der Waals surface area contributed by atoms with Gasteiger partial charge in [0, 0.05) is 22.8 Å². The first-order valence-electron chi connectivity index (χ1n) is 8.07. The van der Waals surface area contributed by atoms with Gasteiger partial charge in [-0.2, -0.15) is 5.10 Å². The van der Waals surface area contributed by atoms with Crippen LogP contribution in [0.25, 0.3) is 28.4 Å². The minimum Gasteiger partial charge on any atom is -0.340 e. The van der Waals surface area contributed by atoms with Crippen LogP contribution in [0.1, 0.15) is 5.56 Å². The van der Waals surface area contributed by atoms with Gasteiger partial charge in [-0.05, 0) is 42.0 Å². The molecule has 0 unspecified atom stereocenters. The van der Waals surface area contributed by atoms with Gasteiger partial charge in [-0.15, -0.1) is 0 Å². The van der Waals surface area contributed by atoms with Crippen LogP contribution in [-0.2, 0) is 4.79 Å². The Labute approximate surface area is 149 Å². The topological polar surface area (TPSA) is 83.6 Å². The molecule has 2 N–H and O–H groups in total. The molecule has 26 heavy (non-hydrogen) atoms. The number of benzene rings is 2. The lowest BCUT2D eigenvalue weighted by Gasteiger charge is -2.07. The molecule has 2 aromatic carbocycles. The van der Waals surface area contributed by atoms with Gasteiger partial charge in [0.1, 0.15) is 12.1 Å². The van der Waals surface area contributed by atoms with E-state index in [0.29, 0.717) is 11.6 Å². The molecule has 4 rings (SSSR count). The van der Waals surface area contributed by atoms with Crippen LogP contribution in [0.15, 0.2) is 67.0 Å². The fraction of sp³-hybridized carbons (Fsp3) is 0. The molecule has 0 aliphatic heterocycles. The van der Waals surface area contributed by atoms with E-state index in [1.54, 1.807) is 18.5 Å². The molecule has 0 saturated carbocycles. The van der Waals surface area contributed by atoms with Gasteiger partial charge < -0.3 is 5.32 Å². The maximum Gasteiger partial charge on any atom is 0.161 e. The van der Waals surface area contributed by atoms with E-state index < -0.39 is 0 Å². The Balaban J connectivity index is 1.62. The van der Waals surface area contributed by atoms with Crippen molar-refractivity contribution in [2.45, 2.75) is 0 Å². The van der Waals surface area contributed by atoms with Gasteiger partial charge in [-0.1, -0.05) is 24.3 Å². The van der Waals surface area contributed by atoms with Gasteiger partial charge in [0.2, 0.25) is 0 Å². The molecular formula is C20H15N5O. The zero-order valence-corrected chi connectivity index (χ0v) is 13.8. The van der Waals surface area contributed by atoms with Crippen LogP contribution in [0.2, 0.25) is 0 Å². The van der Waals surface area contributed by atoms with Gasteiger partial charge in [0.05, 0.1) is 11.7 Å². The average Bonchev–Trinajstić information content (AvgIpc) is 3.15. The van der Waals surface area contributed by atoms with Crippen molar-refractivity contribution in [3.05, 3.63) is 72.6 Å². The SMILES string of the molecule is O=C/C=C/c1cccc(-c2nccc(Nc3ccc4[nH]ncc4c3)n2)c1. The number of rotatable bonds is 5. The number of anilines is 2. The van der Waals surface area contributed by atoms with E-state index in [2.05, 4.69) is 25.5 Å². The number of nitrogens with one attached hydrogen (secondary N) is 2. The molecule has 4 aromatic rings. The quantitative estimate of drug-likeness (QED) is 0.424. The Morgan fingerprint density at radius 1 is 1.08 bits per heavy atom. The maximum absolute atomic E-state index is 10.5. The zero-order chi connectivity index (χ0) is 17.8. The standard InChI is InChI=1S/C20H15N5O/c26-10-2-4-14-3-1-5-15(11-14)20-21-9-8-19(24-20)23-17-6-7-18-16(12-17)13-22-25-18/h1-13H,(H,22,25)(H,21,23,24)/b4-2+. The number of hydrogen-bond donors (Lipinski definition) is 2. The number of fused-ring (bicyclic) bond motifs is 1. The number of aromatic nitrogens is 4. The fourth-order valence-electron chi connectivity index (χ4n) is 2.67. The molecule has 0 atom stereocenters. The third-order valence-corrected chi connectivity index (χ3v) is 3.88. The van der Waals surface area contributed by atoms with E-state index in [0.717, 1.165) is 34.0 Å². The second kappa shape index (κ2) is 6.98. The second-order valence-electron chi connectivity index (χ2n) is 5.68. The van der Waals surface area contributed by atoms with E-state index in [1.165, 1.54) is 6.08 Å². The average molecular weight is 341 g/mol. The van der Waals surface area contributed by atoms with E-state index in [4.69, 9.17) is 0 Å². The minimum atomic E-state index is 0.612. The highest BCUT2D eigenvalue weighted by atomic mass is 16.1. The predicted molar refractivity (Wildman–Crippen MR) is 102 cm³/mol. The maximum atomic E-state index is 10.5. The van der Waals surface area contributed by atoms with Crippen LogP contribution in [-0.4, -0.2) is 26.5 Å². The molecule has 0 bridgehead atoms. The van der Waals surface area contributed by atoms with Crippen molar-refractivity contribution in [3.63, 3.8) is 0 Å². The molecule has 0 saturated heterocycles. The zero-order valence-electron chi connectivity index (χ0n) is 13.8. The molecule has 0 spiro atoms. The fourth-order valence-corrected chi connectivity index (χ4v) is 2.67. The van der Waals surface area contributed by atoms with Crippen LogP contribution in [0.5, 0.6) is 0 Å². The second-order valence-corrected chi connectivity index (χ2v) is 5.68. The molecule has 0 radical (unpaired) electrons. The first-order valence-corrected chi connectivity index (χ1v) is 8.07. The minimum absolute atomic E-state index is 0.612. The Bertz CT molecular complexity index is 1100. The van der Waals surface area contributed by atoms with Gasteiger partial charge >= 0.3 is 0 Å². The number of carbonyl (C=O) groups excluding carboxylic acids is 1. The Hall–Kier alpha value is -3.80. The lowest BCUT2D eigenvalue weighted by Crippen LogP contribution is -1.96. The molecule has 0 aliphatic carbocycles. The number of H-pyrrole nitrogens is 1. The van der Waals surface area contributed by atoms with Crippen LogP contribution < -0.4 is 5.32 Å². The first-order chi connectivity index (χ1) is 12.8. The van der Waals surface area contributed by atoms with E-state index >= 15 is 0 Å². The van der Waals surface area contributed by atoms with Crippen molar-refractivity contribution < 1.29 is 4.79 Å². The summed E-state index contributed by atoms with van der Waals surface area (Å²) in [6.07, 6.45) is 7.46. The molecular weight excluding hydrogens is 326 g/mol. The van der Waals surface area contributed by atoms with Gasteiger partial charge in [0.25, 0.3) is 0 Å². The molecule has 2 aromatic heterocycles. The summed E-state index contributed by atoms with van der Waals surface area (Å²) in [6, 6.07) is 15.5. The first kappa shape index (κ1) is 15.7.